The number of fused-ring (bicyclic) bond motifs is 1. The standard InChI is InChI=1S/C22H19N5O/c28-22(24-14-15-8-10-23-21(12-15)27-11-3-9-25-27)18-13-20(16-6-7-16)26-19-5-2-1-4-17(18)19/h1-5,8-13,16H,6-7,14H2,(H,24,28). The molecule has 0 bridgehead atoms. The molecule has 1 N–H and O–H groups in total. The SMILES string of the molecule is O=C(NCc1ccnc(-n2cccn2)c1)c1cc(C2CC2)nc2ccccc12. The summed E-state index contributed by atoms with van der Waals surface area (Å²) in [6.07, 6.45) is 7.58. The Bertz CT molecular complexity index is 1150. The minimum Gasteiger partial charge on any atom is -0.348 e. The Labute approximate surface area is 162 Å². The number of benzene rings is 1. The van der Waals surface area contributed by atoms with E-state index in [9.17, 15) is 4.79 Å². The van der Waals surface area contributed by atoms with E-state index in [2.05, 4.69) is 15.4 Å². The number of nitrogens with zero attached hydrogens (tertiary/aromatic N) is 4. The van der Waals surface area contributed by atoms with E-state index in [0.717, 1.165) is 40.8 Å². The topological polar surface area (TPSA) is 72.7 Å². The second kappa shape index (κ2) is 6.88. The minimum absolute atomic E-state index is 0.0852. The molecular formula is C22H19N5O. The lowest BCUT2D eigenvalue weighted by Gasteiger charge is -2.11. The molecule has 1 aliphatic rings. The van der Waals surface area contributed by atoms with Gasteiger partial charge in [0.1, 0.15) is 0 Å². The van der Waals surface area contributed by atoms with Gasteiger partial charge < -0.3 is 5.32 Å². The first-order valence-corrected chi connectivity index (χ1v) is 9.41. The van der Waals surface area contributed by atoms with E-state index < -0.39 is 0 Å². The van der Waals surface area contributed by atoms with Gasteiger partial charge in [0.25, 0.3) is 5.91 Å². The van der Waals surface area contributed by atoms with Crippen molar-refractivity contribution in [3.05, 3.63) is 83.9 Å². The quantitative estimate of drug-likeness (QED) is 0.583. The molecule has 0 atom stereocenters. The molecule has 0 radical (unpaired) electrons. The van der Waals surface area contributed by atoms with Crippen LogP contribution in [0.1, 0.15) is 40.4 Å². The van der Waals surface area contributed by atoms with E-state index in [1.54, 1.807) is 17.1 Å². The Morgan fingerprint density at radius 2 is 2.00 bits per heavy atom. The van der Waals surface area contributed by atoms with Gasteiger partial charge in [-0.2, -0.15) is 5.10 Å². The van der Waals surface area contributed by atoms with Crippen LogP contribution in [0, 0.1) is 0 Å². The van der Waals surface area contributed by atoms with Gasteiger partial charge in [-0.25, -0.2) is 9.67 Å². The summed E-state index contributed by atoms with van der Waals surface area (Å²) >= 11 is 0. The van der Waals surface area contributed by atoms with E-state index in [1.807, 2.05) is 54.7 Å². The summed E-state index contributed by atoms with van der Waals surface area (Å²) in [6, 6.07) is 15.5. The van der Waals surface area contributed by atoms with Crippen LogP contribution in [-0.2, 0) is 6.54 Å². The third-order valence-corrected chi connectivity index (χ3v) is 4.98. The van der Waals surface area contributed by atoms with Gasteiger partial charge in [0, 0.05) is 42.1 Å². The van der Waals surface area contributed by atoms with Crippen LogP contribution in [0.25, 0.3) is 16.7 Å². The Hall–Kier alpha value is -3.54. The Morgan fingerprint density at radius 1 is 1.11 bits per heavy atom. The van der Waals surface area contributed by atoms with Gasteiger partial charge >= 0.3 is 0 Å². The molecule has 1 amide bonds. The highest BCUT2D eigenvalue weighted by molar-refractivity contribution is 6.06. The molecule has 3 heterocycles. The smallest absolute Gasteiger partial charge is 0.252 e. The van der Waals surface area contributed by atoms with Crippen molar-refractivity contribution in [3.63, 3.8) is 0 Å². The van der Waals surface area contributed by atoms with Crippen molar-refractivity contribution in [1.82, 2.24) is 25.1 Å². The first-order valence-electron chi connectivity index (χ1n) is 9.41. The summed E-state index contributed by atoms with van der Waals surface area (Å²) in [4.78, 5) is 22.0. The van der Waals surface area contributed by atoms with E-state index in [-0.39, 0.29) is 5.91 Å². The Balaban J connectivity index is 1.40. The lowest BCUT2D eigenvalue weighted by molar-refractivity contribution is 0.0952. The zero-order valence-electron chi connectivity index (χ0n) is 15.2. The molecule has 0 aliphatic heterocycles. The highest BCUT2D eigenvalue weighted by Crippen LogP contribution is 2.40. The summed E-state index contributed by atoms with van der Waals surface area (Å²) < 4.78 is 1.70. The number of hydrogen-bond donors (Lipinski definition) is 1. The zero-order chi connectivity index (χ0) is 18.9. The fourth-order valence-corrected chi connectivity index (χ4v) is 3.35. The highest BCUT2D eigenvalue weighted by Gasteiger charge is 2.26. The van der Waals surface area contributed by atoms with Crippen molar-refractivity contribution >= 4 is 16.8 Å². The predicted molar refractivity (Wildman–Crippen MR) is 106 cm³/mol. The molecule has 1 saturated carbocycles. The van der Waals surface area contributed by atoms with Crippen LogP contribution < -0.4 is 5.32 Å². The molecule has 0 unspecified atom stereocenters. The van der Waals surface area contributed by atoms with Crippen molar-refractivity contribution in [3.8, 4) is 5.82 Å². The molecule has 0 saturated heterocycles. The molecule has 3 aromatic heterocycles. The number of nitrogens with one attached hydrogen (secondary N) is 1. The normalized spacial score (nSPS) is 13.6. The number of para-hydroxylation sites is 1. The average molecular weight is 369 g/mol. The summed E-state index contributed by atoms with van der Waals surface area (Å²) in [5.74, 6) is 1.13. The maximum Gasteiger partial charge on any atom is 0.252 e. The number of amides is 1. The van der Waals surface area contributed by atoms with Gasteiger partial charge in [0.15, 0.2) is 5.82 Å². The van der Waals surface area contributed by atoms with E-state index in [1.165, 1.54) is 0 Å². The van der Waals surface area contributed by atoms with Crippen LogP contribution in [0.4, 0.5) is 0 Å². The van der Waals surface area contributed by atoms with Crippen LogP contribution in [-0.4, -0.2) is 25.7 Å². The van der Waals surface area contributed by atoms with Gasteiger partial charge in [-0.3, -0.25) is 9.78 Å². The number of carbonyl (C=O) groups excluding carboxylic acids is 1. The van der Waals surface area contributed by atoms with E-state index in [0.29, 0.717) is 18.0 Å². The van der Waals surface area contributed by atoms with Crippen LogP contribution in [0.2, 0.25) is 0 Å². The van der Waals surface area contributed by atoms with Gasteiger partial charge in [-0.1, -0.05) is 18.2 Å². The van der Waals surface area contributed by atoms with Crippen LogP contribution in [0.3, 0.4) is 0 Å². The molecule has 6 heteroatoms. The molecule has 138 valence electrons. The summed E-state index contributed by atoms with van der Waals surface area (Å²) in [5, 5.41) is 8.12. The summed E-state index contributed by atoms with van der Waals surface area (Å²) in [6.45, 7) is 0.422. The van der Waals surface area contributed by atoms with Crippen LogP contribution >= 0.6 is 0 Å². The van der Waals surface area contributed by atoms with Crippen molar-refractivity contribution in [2.75, 3.05) is 0 Å². The third-order valence-electron chi connectivity index (χ3n) is 4.98. The largest absolute Gasteiger partial charge is 0.348 e. The molecule has 1 aliphatic carbocycles. The number of rotatable bonds is 5. The van der Waals surface area contributed by atoms with E-state index >= 15 is 0 Å². The molecule has 0 spiro atoms. The molecule has 6 nitrogen and oxygen atoms in total. The third kappa shape index (κ3) is 3.24. The van der Waals surface area contributed by atoms with Crippen molar-refractivity contribution < 1.29 is 4.79 Å². The maximum atomic E-state index is 13.0. The zero-order valence-corrected chi connectivity index (χ0v) is 15.2. The monoisotopic (exact) mass is 369 g/mol. The summed E-state index contributed by atoms with van der Waals surface area (Å²) in [7, 11) is 0. The maximum absolute atomic E-state index is 13.0. The lowest BCUT2D eigenvalue weighted by atomic mass is 10.1. The first-order chi connectivity index (χ1) is 13.8. The highest BCUT2D eigenvalue weighted by atomic mass is 16.1. The fourth-order valence-electron chi connectivity index (χ4n) is 3.35. The number of carbonyl (C=O) groups is 1. The van der Waals surface area contributed by atoms with Crippen LogP contribution in [0.5, 0.6) is 0 Å². The second-order valence-electron chi connectivity index (χ2n) is 7.04. The van der Waals surface area contributed by atoms with Crippen molar-refractivity contribution in [1.29, 1.82) is 0 Å². The second-order valence-corrected chi connectivity index (χ2v) is 7.04. The summed E-state index contributed by atoms with van der Waals surface area (Å²) in [5.41, 5.74) is 3.55. The van der Waals surface area contributed by atoms with Gasteiger partial charge in [-0.05, 0) is 48.7 Å². The first kappa shape index (κ1) is 16.6. The molecule has 5 rings (SSSR count). The molecule has 1 aromatic carbocycles. The van der Waals surface area contributed by atoms with Gasteiger partial charge in [0.2, 0.25) is 0 Å². The Morgan fingerprint density at radius 3 is 2.82 bits per heavy atom. The molecule has 4 aromatic rings. The predicted octanol–water partition coefficient (Wildman–Crippen LogP) is 3.62. The fraction of sp³-hybridized carbons (Fsp3) is 0.182. The number of hydrogen-bond acceptors (Lipinski definition) is 4. The van der Waals surface area contributed by atoms with Crippen LogP contribution in [0.15, 0.2) is 67.1 Å². The van der Waals surface area contributed by atoms with Gasteiger partial charge in [-0.15, -0.1) is 0 Å². The van der Waals surface area contributed by atoms with E-state index in [4.69, 9.17) is 4.98 Å². The molecule has 1 fully saturated rings. The Kier molecular flexibility index (Phi) is 4.09. The number of pyridine rings is 2. The number of aromatic nitrogens is 4. The van der Waals surface area contributed by atoms with Gasteiger partial charge in [0.05, 0.1) is 11.1 Å². The van der Waals surface area contributed by atoms with Crippen molar-refractivity contribution in [2.45, 2.75) is 25.3 Å². The lowest BCUT2D eigenvalue weighted by Crippen LogP contribution is -2.23. The minimum atomic E-state index is -0.0852. The molecular weight excluding hydrogens is 350 g/mol. The molecule has 28 heavy (non-hydrogen) atoms. The average Bonchev–Trinajstić information content (AvgIpc) is 3.45. The van der Waals surface area contributed by atoms with Crippen molar-refractivity contribution in [2.24, 2.45) is 0 Å².